The second-order valence-electron chi connectivity index (χ2n) is 4.56. The summed E-state index contributed by atoms with van der Waals surface area (Å²) in [4.78, 5) is 11.7. The van der Waals surface area contributed by atoms with Crippen molar-refractivity contribution in [2.45, 2.75) is 19.6 Å². The van der Waals surface area contributed by atoms with Crippen LogP contribution in [0.15, 0.2) is 28.7 Å². The number of hydrogen-bond acceptors (Lipinski definition) is 1. The zero-order valence-corrected chi connectivity index (χ0v) is 12.7. The van der Waals surface area contributed by atoms with Crippen LogP contribution in [0.3, 0.4) is 0 Å². The van der Waals surface area contributed by atoms with E-state index >= 15 is 0 Å². The van der Waals surface area contributed by atoms with Gasteiger partial charge in [0.15, 0.2) is 0 Å². The summed E-state index contributed by atoms with van der Waals surface area (Å²) >= 11 is 3.32. The summed E-state index contributed by atoms with van der Waals surface area (Å²) in [5.41, 5.74) is 3.67. The lowest BCUT2D eigenvalue weighted by molar-refractivity contribution is 0.105. The van der Waals surface area contributed by atoms with Crippen molar-refractivity contribution >= 4 is 29.8 Å². The number of rotatable bonds is 1. The summed E-state index contributed by atoms with van der Waals surface area (Å²) in [5, 5.41) is 0. The monoisotopic (exact) mass is 304 g/mol. The van der Waals surface area contributed by atoms with Gasteiger partial charge < -0.3 is 0 Å². The molecule has 0 saturated carbocycles. The minimum atomic E-state index is -1.40. The lowest BCUT2D eigenvalue weighted by Gasteiger charge is -2.01. The Morgan fingerprint density at radius 1 is 1.18 bits per heavy atom. The third-order valence-electron chi connectivity index (χ3n) is 1.79. The van der Waals surface area contributed by atoms with Crippen LogP contribution in [0.1, 0.15) is 10.4 Å². The normalized spacial score (nSPS) is 9.65. The van der Waals surface area contributed by atoms with Gasteiger partial charge in [0, 0.05) is 10.0 Å². The molecule has 0 amide bonds. The van der Waals surface area contributed by atoms with Gasteiger partial charge in [0.05, 0.1) is 0 Å². The summed E-state index contributed by atoms with van der Waals surface area (Å²) in [5.74, 6) is 7.72. The molecule has 1 aromatic carbocycles. The Kier molecular flexibility index (Phi) is 4.75. The first-order chi connectivity index (χ1) is 7.90. The Balaban J connectivity index is 2.84. The maximum absolute atomic E-state index is 11.7. The number of carbonyl (C=O) groups is 1. The fraction of sp³-hybridized carbons (Fsp3) is 0.214. The first kappa shape index (κ1) is 13.8. The molecule has 0 N–H and O–H groups in total. The van der Waals surface area contributed by atoms with Gasteiger partial charge >= 0.3 is 0 Å². The highest BCUT2D eigenvalue weighted by Gasteiger charge is 2.07. The lowest BCUT2D eigenvalue weighted by Crippen LogP contribution is -2.16. The molecule has 0 saturated heterocycles. The molecule has 86 valence electrons. The van der Waals surface area contributed by atoms with Crippen LogP contribution in [0.4, 0.5) is 0 Å². The minimum absolute atomic E-state index is 0.206. The van der Waals surface area contributed by atoms with Crippen LogP contribution in [-0.2, 0) is 0 Å². The molecule has 0 heterocycles. The van der Waals surface area contributed by atoms with E-state index in [2.05, 4.69) is 58.9 Å². The average Bonchev–Trinajstić information content (AvgIpc) is 2.23. The van der Waals surface area contributed by atoms with Gasteiger partial charge in [0.1, 0.15) is 8.07 Å². The summed E-state index contributed by atoms with van der Waals surface area (Å²) in [7, 11) is -1.40. The quantitative estimate of drug-likeness (QED) is 0.336. The molecule has 0 fully saturated rings. The predicted octanol–water partition coefficient (Wildman–Crippen LogP) is 3.52. The van der Waals surface area contributed by atoms with E-state index in [1.54, 1.807) is 6.07 Å². The smallest absolute Gasteiger partial charge is 0.238 e. The number of hydrogen-bond donors (Lipinski definition) is 0. The molecule has 0 unspecified atom stereocenters. The zero-order valence-electron chi connectivity index (χ0n) is 10.1. The third kappa shape index (κ3) is 5.04. The molecule has 1 aromatic rings. The molecule has 17 heavy (non-hydrogen) atoms. The molecular formula is C14H13BrOSi. The molecule has 3 heteroatoms. The Bertz CT molecular complexity index is 547. The average molecular weight is 305 g/mol. The Labute approximate surface area is 112 Å². The van der Waals surface area contributed by atoms with Gasteiger partial charge in [-0.2, -0.15) is 0 Å². The molecule has 0 aliphatic carbocycles. The van der Waals surface area contributed by atoms with E-state index in [1.807, 2.05) is 18.2 Å². The maximum Gasteiger partial charge on any atom is 0.238 e. The molecule has 0 spiro atoms. The van der Waals surface area contributed by atoms with Crippen molar-refractivity contribution in [1.29, 1.82) is 0 Å². The van der Waals surface area contributed by atoms with Crippen molar-refractivity contribution in [2.24, 2.45) is 0 Å². The second kappa shape index (κ2) is 5.86. The van der Waals surface area contributed by atoms with E-state index in [1.165, 1.54) is 0 Å². The topological polar surface area (TPSA) is 17.1 Å². The maximum atomic E-state index is 11.7. The summed E-state index contributed by atoms with van der Waals surface area (Å²) in [6.45, 7) is 6.41. The van der Waals surface area contributed by atoms with Crippen LogP contribution < -0.4 is 0 Å². The number of halogens is 1. The molecule has 0 aromatic heterocycles. The number of ketones is 1. The molecule has 0 atom stereocenters. The van der Waals surface area contributed by atoms with E-state index in [0.29, 0.717) is 5.56 Å². The van der Waals surface area contributed by atoms with Gasteiger partial charge in [0.2, 0.25) is 5.78 Å². The van der Waals surface area contributed by atoms with Crippen molar-refractivity contribution in [3.8, 4) is 23.3 Å². The van der Waals surface area contributed by atoms with Crippen molar-refractivity contribution in [3.05, 3.63) is 34.3 Å². The van der Waals surface area contributed by atoms with Gasteiger partial charge in [-0.3, -0.25) is 4.79 Å². The largest absolute Gasteiger partial charge is 0.279 e. The van der Waals surface area contributed by atoms with E-state index < -0.39 is 8.07 Å². The first-order valence-corrected chi connectivity index (χ1v) is 9.51. The summed E-state index contributed by atoms with van der Waals surface area (Å²) < 4.78 is 0.762. The van der Waals surface area contributed by atoms with Crippen molar-refractivity contribution < 1.29 is 4.79 Å². The summed E-state index contributed by atoms with van der Waals surface area (Å²) in [6, 6.07) is 7.24. The van der Waals surface area contributed by atoms with Gasteiger partial charge in [-0.05, 0) is 29.9 Å². The fourth-order valence-corrected chi connectivity index (χ4v) is 1.92. The SMILES string of the molecule is C[Si](C)(C)C#CC#CC(=O)c1ccccc1Br. The molecule has 0 aliphatic rings. The van der Waals surface area contributed by atoms with Gasteiger partial charge in [0.25, 0.3) is 0 Å². The first-order valence-electron chi connectivity index (χ1n) is 5.22. The van der Waals surface area contributed by atoms with Gasteiger partial charge in [-0.25, -0.2) is 0 Å². The molecule has 0 aliphatic heterocycles. The Morgan fingerprint density at radius 2 is 1.82 bits per heavy atom. The van der Waals surface area contributed by atoms with Gasteiger partial charge in [-0.15, -0.1) is 5.54 Å². The van der Waals surface area contributed by atoms with Crippen molar-refractivity contribution in [2.75, 3.05) is 0 Å². The second-order valence-corrected chi connectivity index (χ2v) is 10.2. The molecule has 1 rings (SSSR count). The molecular weight excluding hydrogens is 292 g/mol. The molecule has 0 bridgehead atoms. The van der Waals surface area contributed by atoms with E-state index in [9.17, 15) is 4.79 Å². The van der Waals surface area contributed by atoms with E-state index in [4.69, 9.17) is 0 Å². The van der Waals surface area contributed by atoms with E-state index in [-0.39, 0.29) is 5.78 Å². The zero-order chi connectivity index (χ0) is 12.9. The van der Waals surface area contributed by atoms with Crippen LogP contribution in [0, 0.1) is 23.3 Å². The van der Waals surface area contributed by atoms with Crippen LogP contribution in [0.2, 0.25) is 19.6 Å². The highest BCUT2D eigenvalue weighted by molar-refractivity contribution is 9.10. The van der Waals surface area contributed by atoms with Crippen LogP contribution in [0.5, 0.6) is 0 Å². The van der Waals surface area contributed by atoms with E-state index in [0.717, 1.165) is 4.47 Å². The Hall–Kier alpha value is -1.29. The minimum Gasteiger partial charge on any atom is -0.279 e. The molecule has 0 radical (unpaired) electrons. The predicted molar refractivity (Wildman–Crippen MR) is 77.4 cm³/mol. The van der Waals surface area contributed by atoms with Crippen molar-refractivity contribution in [1.82, 2.24) is 0 Å². The highest BCUT2D eigenvalue weighted by atomic mass is 79.9. The third-order valence-corrected chi connectivity index (χ3v) is 3.36. The van der Waals surface area contributed by atoms with Gasteiger partial charge in [-0.1, -0.05) is 47.7 Å². The van der Waals surface area contributed by atoms with Crippen LogP contribution >= 0.6 is 15.9 Å². The fourth-order valence-electron chi connectivity index (χ4n) is 1.02. The number of carbonyl (C=O) groups excluding carboxylic acids is 1. The lowest BCUT2D eigenvalue weighted by atomic mass is 10.1. The Morgan fingerprint density at radius 3 is 2.41 bits per heavy atom. The van der Waals surface area contributed by atoms with Crippen LogP contribution in [0.25, 0.3) is 0 Å². The molecule has 1 nitrogen and oxygen atoms in total. The van der Waals surface area contributed by atoms with Crippen LogP contribution in [-0.4, -0.2) is 13.9 Å². The number of benzene rings is 1. The van der Waals surface area contributed by atoms with Crippen molar-refractivity contribution in [3.63, 3.8) is 0 Å². The standard InChI is InChI=1S/C14H13BrOSi/c1-17(2,3)11-7-6-10-14(16)12-8-4-5-9-13(12)15/h4-5,8-9H,1-3H3. The summed E-state index contributed by atoms with van der Waals surface area (Å²) in [6.07, 6.45) is 0. The highest BCUT2D eigenvalue weighted by Crippen LogP contribution is 2.15. The number of Topliss-reactive ketones (excluding diaryl/α,β-unsaturated/α-hetero) is 1.